The van der Waals surface area contributed by atoms with Crippen molar-refractivity contribution in [3.05, 3.63) is 0 Å². The molecule has 3 N–H and O–H groups in total. The minimum atomic E-state index is -0.215. The standard InChI is InChI=1S/C15H24N4O/c16-9-12-4-2-6-19(12)14(20)10-18-13-8-15(17)5-1-3-11(13)7-15/h11-13,18H,1-8,10,17H2/t11?,12-,13?,15?/m0/s1. The van der Waals surface area contributed by atoms with Crippen LogP contribution in [0, 0.1) is 17.2 Å². The average molecular weight is 276 g/mol. The number of amides is 1. The van der Waals surface area contributed by atoms with Crippen molar-refractivity contribution in [3.63, 3.8) is 0 Å². The van der Waals surface area contributed by atoms with Gasteiger partial charge >= 0.3 is 0 Å². The highest BCUT2D eigenvalue weighted by molar-refractivity contribution is 5.79. The summed E-state index contributed by atoms with van der Waals surface area (Å²) in [6.07, 6.45) is 7.43. The fourth-order valence-corrected chi connectivity index (χ4v) is 4.33. The summed E-state index contributed by atoms with van der Waals surface area (Å²) in [4.78, 5) is 14.0. The van der Waals surface area contributed by atoms with Crippen molar-refractivity contribution in [1.29, 1.82) is 5.26 Å². The van der Waals surface area contributed by atoms with Crippen molar-refractivity contribution in [2.24, 2.45) is 11.7 Å². The molecule has 0 spiro atoms. The second-order valence-electron chi connectivity index (χ2n) is 6.78. The van der Waals surface area contributed by atoms with Gasteiger partial charge in [0.15, 0.2) is 0 Å². The van der Waals surface area contributed by atoms with E-state index in [0.717, 1.165) is 38.6 Å². The second-order valence-corrected chi connectivity index (χ2v) is 6.78. The molecule has 1 aliphatic heterocycles. The molecule has 2 bridgehead atoms. The van der Waals surface area contributed by atoms with E-state index in [4.69, 9.17) is 11.0 Å². The van der Waals surface area contributed by atoms with Gasteiger partial charge in [0, 0.05) is 18.1 Å². The van der Waals surface area contributed by atoms with Gasteiger partial charge in [0.2, 0.25) is 5.91 Å². The van der Waals surface area contributed by atoms with Crippen LogP contribution in [0.25, 0.3) is 0 Å². The molecule has 1 amide bonds. The second kappa shape index (κ2) is 5.34. The Hall–Kier alpha value is -1.12. The van der Waals surface area contributed by atoms with E-state index in [-0.39, 0.29) is 17.5 Å². The molecule has 5 nitrogen and oxygen atoms in total. The summed E-state index contributed by atoms with van der Waals surface area (Å²) in [5, 5.41) is 12.5. The molecule has 3 rings (SSSR count). The predicted molar refractivity (Wildman–Crippen MR) is 75.6 cm³/mol. The maximum absolute atomic E-state index is 12.2. The van der Waals surface area contributed by atoms with Crippen LogP contribution in [-0.2, 0) is 4.79 Å². The van der Waals surface area contributed by atoms with Crippen LogP contribution in [0.2, 0.25) is 0 Å². The Morgan fingerprint density at radius 3 is 3.00 bits per heavy atom. The van der Waals surface area contributed by atoms with Gasteiger partial charge in [-0.25, -0.2) is 0 Å². The highest BCUT2D eigenvalue weighted by Gasteiger charge is 2.45. The molecule has 0 aromatic rings. The number of carbonyl (C=O) groups is 1. The Bertz CT molecular complexity index is 432. The zero-order valence-electron chi connectivity index (χ0n) is 12.0. The first kappa shape index (κ1) is 13.8. The van der Waals surface area contributed by atoms with Gasteiger partial charge in [-0.1, -0.05) is 6.42 Å². The topological polar surface area (TPSA) is 82.2 Å². The summed E-state index contributed by atoms with van der Waals surface area (Å²) in [5.41, 5.74) is 6.39. The first-order valence-corrected chi connectivity index (χ1v) is 7.83. The van der Waals surface area contributed by atoms with E-state index in [1.165, 1.54) is 12.8 Å². The quantitative estimate of drug-likeness (QED) is 0.797. The number of hydrogen-bond acceptors (Lipinski definition) is 4. The van der Waals surface area contributed by atoms with Crippen LogP contribution < -0.4 is 11.1 Å². The molecule has 110 valence electrons. The smallest absolute Gasteiger partial charge is 0.237 e. The van der Waals surface area contributed by atoms with E-state index in [2.05, 4.69) is 11.4 Å². The summed E-state index contributed by atoms with van der Waals surface area (Å²) in [7, 11) is 0. The van der Waals surface area contributed by atoms with Crippen LogP contribution in [0.3, 0.4) is 0 Å². The van der Waals surface area contributed by atoms with Gasteiger partial charge in [-0.05, 0) is 44.4 Å². The van der Waals surface area contributed by atoms with Crippen molar-refractivity contribution in [2.45, 2.75) is 62.6 Å². The Balaban J connectivity index is 1.53. The summed E-state index contributed by atoms with van der Waals surface area (Å²) < 4.78 is 0. The number of nitrogens with two attached hydrogens (primary N) is 1. The number of hydrogen-bond donors (Lipinski definition) is 2. The average Bonchev–Trinajstić information content (AvgIpc) is 2.98. The van der Waals surface area contributed by atoms with Crippen molar-refractivity contribution in [3.8, 4) is 6.07 Å². The molecule has 2 aliphatic carbocycles. The van der Waals surface area contributed by atoms with E-state index in [1.54, 1.807) is 4.90 Å². The van der Waals surface area contributed by atoms with E-state index >= 15 is 0 Å². The van der Waals surface area contributed by atoms with Crippen molar-refractivity contribution in [2.75, 3.05) is 13.1 Å². The highest BCUT2D eigenvalue weighted by Crippen LogP contribution is 2.43. The van der Waals surface area contributed by atoms with Gasteiger partial charge in [-0.2, -0.15) is 5.26 Å². The Morgan fingerprint density at radius 2 is 2.25 bits per heavy atom. The lowest BCUT2D eigenvalue weighted by atomic mass is 9.84. The maximum Gasteiger partial charge on any atom is 0.237 e. The molecule has 1 saturated heterocycles. The molecule has 1 heterocycles. The number of rotatable bonds is 3. The third-order valence-corrected chi connectivity index (χ3v) is 5.35. The molecule has 2 saturated carbocycles. The lowest BCUT2D eigenvalue weighted by molar-refractivity contribution is -0.130. The minimum Gasteiger partial charge on any atom is -0.326 e. The zero-order chi connectivity index (χ0) is 14.2. The van der Waals surface area contributed by atoms with Gasteiger partial charge in [0.25, 0.3) is 0 Å². The first-order chi connectivity index (χ1) is 9.61. The number of nitrogens with one attached hydrogen (secondary N) is 1. The van der Waals surface area contributed by atoms with E-state index in [0.29, 0.717) is 18.5 Å². The summed E-state index contributed by atoms with van der Waals surface area (Å²) in [6.45, 7) is 1.09. The van der Waals surface area contributed by atoms with Crippen LogP contribution in [0.1, 0.15) is 44.9 Å². The lowest BCUT2D eigenvalue weighted by Crippen LogP contribution is -2.44. The maximum atomic E-state index is 12.2. The van der Waals surface area contributed by atoms with Crippen LogP contribution in [0.15, 0.2) is 0 Å². The van der Waals surface area contributed by atoms with Gasteiger partial charge in [-0.3, -0.25) is 4.79 Å². The molecular weight excluding hydrogens is 252 g/mol. The number of fused-ring (bicyclic) bond motifs is 2. The normalized spacial score (nSPS) is 39.8. The van der Waals surface area contributed by atoms with Gasteiger partial charge < -0.3 is 16.0 Å². The van der Waals surface area contributed by atoms with Crippen molar-refractivity contribution >= 4 is 5.91 Å². The Kier molecular flexibility index (Phi) is 3.70. The van der Waals surface area contributed by atoms with Crippen LogP contribution >= 0.6 is 0 Å². The van der Waals surface area contributed by atoms with Crippen molar-refractivity contribution < 1.29 is 4.79 Å². The lowest BCUT2D eigenvalue weighted by Gasteiger charge is -2.28. The Labute approximate surface area is 120 Å². The molecule has 3 unspecified atom stereocenters. The fourth-order valence-electron chi connectivity index (χ4n) is 4.33. The third kappa shape index (κ3) is 2.55. The molecule has 0 aromatic heterocycles. The van der Waals surface area contributed by atoms with E-state index < -0.39 is 0 Å². The third-order valence-electron chi connectivity index (χ3n) is 5.35. The molecule has 0 radical (unpaired) electrons. The molecule has 20 heavy (non-hydrogen) atoms. The number of likely N-dealkylation sites (tertiary alicyclic amines) is 1. The number of carbonyl (C=O) groups excluding carboxylic acids is 1. The largest absolute Gasteiger partial charge is 0.326 e. The summed E-state index contributed by atoms with van der Waals surface area (Å²) >= 11 is 0. The monoisotopic (exact) mass is 276 g/mol. The molecule has 3 aliphatic rings. The van der Waals surface area contributed by atoms with E-state index in [1.807, 2.05) is 0 Å². The summed E-state index contributed by atoms with van der Waals surface area (Å²) in [5.74, 6) is 0.702. The van der Waals surface area contributed by atoms with Crippen molar-refractivity contribution in [1.82, 2.24) is 10.2 Å². The SMILES string of the molecule is N#C[C@@H]1CCCN1C(=O)CNC1CC2(N)CCCC1C2. The number of nitrogens with zero attached hydrogens (tertiary/aromatic N) is 2. The zero-order valence-corrected chi connectivity index (χ0v) is 12.0. The van der Waals surface area contributed by atoms with Crippen LogP contribution in [0.4, 0.5) is 0 Å². The van der Waals surface area contributed by atoms with Gasteiger partial charge in [-0.15, -0.1) is 0 Å². The Morgan fingerprint density at radius 1 is 1.40 bits per heavy atom. The minimum absolute atomic E-state index is 0.00641. The van der Waals surface area contributed by atoms with Gasteiger partial charge in [0.1, 0.15) is 6.04 Å². The van der Waals surface area contributed by atoms with E-state index in [9.17, 15) is 4.79 Å². The molecule has 3 fully saturated rings. The molecule has 5 heteroatoms. The van der Waals surface area contributed by atoms with Crippen LogP contribution in [0.5, 0.6) is 0 Å². The first-order valence-electron chi connectivity index (χ1n) is 7.83. The predicted octanol–water partition coefficient (Wildman–Crippen LogP) is 0.751. The van der Waals surface area contributed by atoms with Gasteiger partial charge in [0.05, 0.1) is 12.6 Å². The molecule has 0 aromatic carbocycles. The summed E-state index contributed by atoms with van der Waals surface area (Å²) in [6, 6.07) is 2.39. The number of nitriles is 1. The fraction of sp³-hybridized carbons (Fsp3) is 0.867. The highest BCUT2D eigenvalue weighted by atomic mass is 16.2. The van der Waals surface area contributed by atoms with Crippen LogP contribution in [-0.4, -0.2) is 41.5 Å². The molecular formula is C15H24N4O. The molecule has 4 atom stereocenters.